The Bertz CT molecular complexity index is 1260. The molecule has 1 aliphatic carbocycles. The number of nitrogens with zero attached hydrogens (tertiary/aromatic N) is 2. The van der Waals surface area contributed by atoms with Gasteiger partial charge in [-0.2, -0.15) is 0 Å². The van der Waals surface area contributed by atoms with Gasteiger partial charge < -0.3 is 15.1 Å². The van der Waals surface area contributed by atoms with Gasteiger partial charge in [0.05, 0.1) is 5.69 Å². The van der Waals surface area contributed by atoms with Gasteiger partial charge in [0.2, 0.25) is 11.8 Å². The maximum absolute atomic E-state index is 13.4. The maximum atomic E-state index is 13.4. The Morgan fingerprint density at radius 2 is 1.72 bits per heavy atom. The molecule has 36 heavy (non-hydrogen) atoms. The minimum atomic E-state index is -0.565. The van der Waals surface area contributed by atoms with Crippen LogP contribution in [0.1, 0.15) is 61.4 Å². The Labute approximate surface area is 212 Å². The first kappa shape index (κ1) is 24.0. The smallest absolute Gasteiger partial charge is 0.258 e. The third-order valence-corrected chi connectivity index (χ3v) is 7.49. The molecule has 1 N–H and O–H groups in total. The summed E-state index contributed by atoms with van der Waals surface area (Å²) in [7, 11) is 0. The molecule has 1 heterocycles. The predicted octanol–water partition coefficient (Wildman–Crippen LogP) is 5.06. The van der Waals surface area contributed by atoms with E-state index in [-0.39, 0.29) is 30.2 Å². The van der Waals surface area contributed by atoms with Gasteiger partial charge in [-0.3, -0.25) is 14.4 Å². The summed E-state index contributed by atoms with van der Waals surface area (Å²) < 4.78 is 0. The first-order valence-electron chi connectivity index (χ1n) is 13.0. The second-order valence-electron chi connectivity index (χ2n) is 9.91. The molecule has 0 spiro atoms. The van der Waals surface area contributed by atoms with E-state index in [4.69, 9.17) is 0 Å². The molecule has 186 valence electrons. The van der Waals surface area contributed by atoms with Crippen molar-refractivity contribution >= 4 is 34.2 Å². The zero-order valence-corrected chi connectivity index (χ0v) is 20.8. The number of carbonyl (C=O) groups is 3. The van der Waals surface area contributed by atoms with Gasteiger partial charge in [0.15, 0.2) is 0 Å². The van der Waals surface area contributed by atoms with E-state index in [2.05, 4.69) is 5.32 Å². The molecule has 1 atom stereocenters. The highest BCUT2D eigenvalue weighted by Gasteiger charge is 2.31. The second kappa shape index (κ2) is 10.5. The van der Waals surface area contributed by atoms with Crippen molar-refractivity contribution in [2.45, 2.75) is 64.1 Å². The van der Waals surface area contributed by atoms with Crippen molar-refractivity contribution in [1.82, 2.24) is 10.2 Å². The largest absolute Gasteiger partial charge is 0.352 e. The van der Waals surface area contributed by atoms with Crippen LogP contribution in [0.15, 0.2) is 66.7 Å². The zero-order valence-electron chi connectivity index (χ0n) is 20.8. The van der Waals surface area contributed by atoms with Gasteiger partial charge in [-0.25, -0.2) is 0 Å². The van der Waals surface area contributed by atoms with Gasteiger partial charge in [0.25, 0.3) is 5.91 Å². The van der Waals surface area contributed by atoms with Crippen LogP contribution in [0.5, 0.6) is 0 Å². The van der Waals surface area contributed by atoms with Crippen molar-refractivity contribution in [1.29, 1.82) is 0 Å². The summed E-state index contributed by atoms with van der Waals surface area (Å²) in [4.78, 5) is 43.0. The molecule has 0 saturated heterocycles. The van der Waals surface area contributed by atoms with E-state index in [1.54, 1.807) is 9.80 Å². The highest BCUT2D eigenvalue weighted by molar-refractivity contribution is 6.25. The van der Waals surface area contributed by atoms with Crippen LogP contribution < -0.4 is 10.2 Å². The molecule has 1 saturated carbocycles. The van der Waals surface area contributed by atoms with Crippen LogP contribution >= 0.6 is 0 Å². The minimum absolute atomic E-state index is 0.0142. The molecule has 0 unspecified atom stereocenters. The molecule has 1 aliphatic heterocycles. The van der Waals surface area contributed by atoms with Crippen LogP contribution in [-0.4, -0.2) is 41.2 Å². The van der Waals surface area contributed by atoms with Gasteiger partial charge in [-0.1, -0.05) is 67.4 Å². The number of nitrogens with one attached hydrogen (secondary N) is 1. The van der Waals surface area contributed by atoms with E-state index in [0.717, 1.165) is 53.3 Å². The lowest BCUT2D eigenvalue weighted by molar-refractivity contribution is -0.141. The lowest BCUT2D eigenvalue weighted by Gasteiger charge is -2.30. The Morgan fingerprint density at radius 1 is 1.00 bits per heavy atom. The lowest BCUT2D eigenvalue weighted by Crippen LogP contribution is -2.49. The summed E-state index contributed by atoms with van der Waals surface area (Å²) in [5.74, 6) is -0.182. The molecule has 0 aromatic heterocycles. The molecule has 1 fully saturated rings. The highest BCUT2D eigenvalue weighted by atomic mass is 16.2. The Hall–Kier alpha value is -3.67. The van der Waals surface area contributed by atoms with Crippen molar-refractivity contribution in [2.24, 2.45) is 0 Å². The van der Waals surface area contributed by atoms with E-state index in [1.165, 1.54) is 0 Å². The van der Waals surface area contributed by atoms with Crippen LogP contribution in [0.3, 0.4) is 0 Å². The average molecular weight is 484 g/mol. The molecule has 0 radical (unpaired) electrons. The quantitative estimate of drug-likeness (QED) is 0.463. The molecule has 5 rings (SSSR count). The SMILES string of the molecule is C[C@H](C(=O)NC1CCCC1)N(Cc1ccccc1)C(=O)CCCN1C(=O)c2cccc3cccc1c23. The fraction of sp³-hybridized carbons (Fsp3) is 0.367. The topological polar surface area (TPSA) is 69.7 Å². The number of amides is 3. The standard InChI is InChI=1S/C30H33N3O3/c1-21(29(35)31-24-14-5-6-15-24)33(20-22-10-3-2-4-11-22)27(34)18-9-19-32-26-17-8-13-23-12-7-16-25(28(23)26)30(32)36/h2-4,7-8,10-13,16-17,21,24H,5-6,9,14-15,18-20H2,1H3,(H,31,35)/t21-/m1/s1. The number of hydrogen-bond acceptors (Lipinski definition) is 3. The third-order valence-electron chi connectivity index (χ3n) is 7.49. The van der Waals surface area contributed by atoms with E-state index >= 15 is 0 Å². The molecule has 6 heteroatoms. The molecule has 0 bridgehead atoms. The van der Waals surface area contributed by atoms with Gasteiger partial charge in [-0.05, 0) is 49.3 Å². The Kier molecular flexibility index (Phi) is 7.03. The van der Waals surface area contributed by atoms with Crippen LogP contribution in [0.25, 0.3) is 10.8 Å². The summed E-state index contributed by atoms with van der Waals surface area (Å²) in [6.45, 7) is 2.65. The van der Waals surface area contributed by atoms with Crippen LogP contribution in [-0.2, 0) is 16.1 Å². The normalized spacial score (nSPS) is 15.9. The van der Waals surface area contributed by atoms with Gasteiger partial charge in [-0.15, -0.1) is 0 Å². The number of hydrogen-bond donors (Lipinski definition) is 1. The Morgan fingerprint density at radius 3 is 2.47 bits per heavy atom. The highest BCUT2D eigenvalue weighted by Crippen LogP contribution is 2.37. The molecule has 6 nitrogen and oxygen atoms in total. The monoisotopic (exact) mass is 483 g/mol. The lowest BCUT2D eigenvalue weighted by atomic mass is 10.1. The average Bonchev–Trinajstić information content (AvgIpc) is 3.51. The number of benzene rings is 3. The summed E-state index contributed by atoms with van der Waals surface area (Å²) in [6.07, 6.45) is 5.08. The van der Waals surface area contributed by atoms with Crippen LogP contribution in [0.2, 0.25) is 0 Å². The summed E-state index contributed by atoms with van der Waals surface area (Å²) in [5, 5.41) is 5.18. The molecular formula is C30H33N3O3. The fourth-order valence-electron chi connectivity index (χ4n) is 5.49. The van der Waals surface area contributed by atoms with Crippen molar-refractivity contribution in [3.05, 3.63) is 77.9 Å². The van der Waals surface area contributed by atoms with Crippen molar-refractivity contribution in [3.63, 3.8) is 0 Å². The van der Waals surface area contributed by atoms with Gasteiger partial charge in [0, 0.05) is 36.5 Å². The molecule has 3 aromatic rings. The molecular weight excluding hydrogens is 450 g/mol. The minimum Gasteiger partial charge on any atom is -0.352 e. The van der Waals surface area contributed by atoms with Gasteiger partial charge >= 0.3 is 0 Å². The summed E-state index contributed by atoms with van der Waals surface area (Å²) in [6, 6.07) is 21.2. The molecule has 3 amide bonds. The van der Waals surface area contributed by atoms with E-state index in [9.17, 15) is 14.4 Å². The van der Waals surface area contributed by atoms with Crippen molar-refractivity contribution in [2.75, 3.05) is 11.4 Å². The van der Waals surface area contributed by atoms with Crippen LogP contribution in [0, 0.1) is 0 Å². The van der Waals surface area contributed by atoms with Gasteiger partial charge in [0.1, 0.15) is 6.04 Å². The van der Waals surface area contributed by atoms with E-state index in [1.807, 2.05) is 73.7 Å². The third kappa shape index (κ3) is 4.85. The zero-order chi connectivity index (χ0) is 25.1. The molecule has 3 aromatic carbocycles. The molecule has 2 aliphatic rings. The van der Waals surface area contributed by atoms with Crippen molar-refractivity contribution < 1.29 is 14.4 Å². The first-order valence-corrected chi connectivity index (χ1v) is 13.0. The number of carbonyl (C=O) groups excluding carboxylic acids is 3. The second-order valence-corrected chi connectivity index (χ2v) is 9.91. The maximum Gasteiger partial charge on any atom is 0.258 e. The van der Waals surface area contributed by atoms with E-state index in [0.29, 0.717) is 19.5 Å². The van der Waals surface area contributed by atoms with Crippen molar-refractivity contribution in [3.8, 4) is 0 Å². The summed E-state index contributed by atoms with van der Waals surface area (Å²) in [5.41, 5.74) is 2.62. The van der Waals surface area contributed by atoms with Crippen LogP contribution in [0.4, 0.5) is 5.69 Å². The fourth-order valence-corrected chi connectivity index (χ4v) is 5.49. The predicted molar refractivity (Wildman–Crippen MR) is 142 cm³/mol. The number of anilines is 1. The number of rotatable bonds is 9. The Balaban J connectivity index is 1.26. The first-order chi connectivity index (χ1) is 17.5. The summed E-state index contributed by atoms with van der Waals surface area (Å²) >= 11 is 0. The van der Waals surface area contributed by atoms with E-state index < -0.39 is 6.04 Å².